The van der Waals surface area contributed by atoms with Crippen LogP contribution in [-0.4, -0.2) is 16.1 Å². The zero-order chi connectivity index (χ0) is 6.53. The summed E-state index contributed by atoms with van der Waals surface area (Å²) in [6, 6.07) is 0. The molecule has 0 spiro atoms. The summed E-state index contributed by atoms with van der Waals surface area (Å²) in [6.07, 6.45) is 3.48. The largest absolute Gasteiger partial charge is 0.371 e. The average Bonchev–Trinajstić information content (AvgIpc) is 2.34. The van der Waals surface area contributed by atoms with Crippen LogP contribution in [0.1, 0.15) is 0 Å². The van der Waals surface area contributed by atoms with Crippen molar-refractivity contribution in [3.05, 3.63) is 18.9 Å². The number of aromatic nitrogens is 2. The molecule has 1 aromatic rings. The Kier molecular flexibility index (Phi) is 2.21. The third-order valence-electron chi connectivity index (χ3n) is 0.782. The predicted octanol–water partition coefficient (Wildman–Crippen LogP) is 1.14. The first kappa shape index (κ1) is 6.22. The molecule has 9 heavy (non-hydrogen) atoms. The molecule has 0 saturated heterocycles. The molecule has 1 rings (SSSR count). The normalized spacial score (nSPS) is 8.89. The van der Waals surface area contributed by atoms with Gasteiger partial charge < -0.3 is 5.32 Å². The van der Waals surface area contributed by atoms with Crippen LogP contribution >= 0.6 is 11.5 Å². The van der Waals surface area contributed by atoms with Gasteiger partial charge in [-0.25, -0.2) is 0 Å². The molecule has 0 aliphatic carbocycles. The first-order chi connectivity index (χ1) is 4.43. The summed E-state index contributed by atoms with van der Waals surface area (Å²) in [7, 11) is 0. The molecular weight excluding hydrogens is 134 g/mol. The molecule has 0 aromatic carbocycles. The molecule has 0 aliphatic heterocycles. The van der Waals surface area contributed by atoms with E-state index in [1.54, 1.807) is 12.3 Å². The Balaban J connectivity index is 2.38. The quantitative estimate of drug-likeness (QED) is 0.641. The molecule has 1 N–H and O–H groups in total. The molecule has 48 valence electrons. The molecular formula is C5H7N3S. The SMILES string of the molecule is C=CCNc1cnns1. The number of nitrogens with one attached hydrogen (secondary N) is 1. The molecule has 1 aromatic heterocycles. The van der Waals surface area contributed by atoms with Crippen molar-refractivity contribution in [1.82, 2.24) is 9.59 Å². The van der Waals surface area contributed by atoms with Crippen LogP contribution in [0.2, 0.25) is 0 Å². The molecule has 1 heterocycles. The predicted molar refractivity (Wildman–Crippen MR) is 38.6 cm³/mol. The van der Waals surface area contributed by atoms with Gasteiger partial charge in [0.05, 0.1) is 6.20 Å². The van der Waals surface area contributed by atoms with Crippen molar-refractivity contribution in [2.45, 2.75) is 0 Å². The Hall–Kier alpha value is -0.900. The lowest BCUT2D eigenvalue weighted by Crippen LogP contribution is -1.93. The van der Waals surface area contributed by atoms with E-state index < -0.39 is 0 Å². The summed E-state index contributed by atoms with van der Waals surface area (Å²) in [4.78, 5) is 0. The van der Waals surface area contributed by atoms with Crippen LogP contribution in [0.3, 0.4) is 0 Å². The van der Waals surface area contributed by atoms with Crippen molar-refractivity contribution >= 4 is 16.5 Å². The van der Waals surface area contributed by atoms with Crippen molar-refractivity contribution in [2.75, 3.05) is 11.9 Å². The van der Waals surface area contributed by atoms with Gasteiger partial charge >= 0.3 is 0 Å². The average molecular weight is 141 g/mol. The van der Waals surface area contributed by atoms with E-state index in [2.05, 4.69) is 21.5 Å². The zero-order valence-corrected chi connectivity index (χ0v) is 5.69. The van der Waals surface area contributed by atoms with Gasteiger partial charge in [0.2, 0.25) is 0 Å². The molecule has 0 atom stereocenters. The third kappa shape index (κ3) is 1.81. The number of hydrogen-bond acceptors (Lipinski definition) is 4. The lowest BCUT2D eigenvalue weighted by Gasteiger charge is -1.92. The molecule has 0 bridgehead atoms. The highest BCUT2D eigenvalue weighted by Gasteiger charge is 1.88. The molecule has 0 saturated carbocycles. The lowest BCUT2D eigenvalue weighted by molar-refractivity contribution is 1.15. The van der Waals surface area contributed by atoms with Gasteiger partial charge in [-0.3, -0.25) is 0 Å². The maximum atomic E-state index is 3.67. The standard InChI is InChI=1S/C5H7N3S/c1-2-3-6-5-4-7-8-9-5/h2,4,6H,1,3H2. The summed E-state index contributed by atoms with van der Waals surface area (Å²) in [6.45, 7) is 4.33. The summed E-state index contributed by atoms with van der Waals surface area (Å²) in [5, 5.41) is 7.68. The van der Waals surface area contributed by atoms with Crippen molar-refractivity contribution in [3.8, 4) is 0 Å². The topological polar surface area (TPSA) is 37.8 Å². The Morgan fingerprint density at radius 2 is 2.78 bits per heavy atom. The summed E-state index contributed by atoms with van der Waals surface area (Å²) in [5.74, 6) is 0. The monoisotopic (exact) mass is 141 g/mol. The van der Waals surface area contributed by atoms with Crippen LogP contribution in [-0.2, 0) is 0 Å². The van der Waals surface area contributed by atoms with Gasteiger partial charge in [0, 0.05) is 18.1 Å². The Labute approximate surface area is 57.6 Å². The van der Waals surface area contributed by atoms with Gasteiger partial charge in [-0.15, -0.1) is 11.7 Å². The first-order valence-corrected chi connectivity index (χ1v) is 3.33. The molecule has 4 heteroatoms. The highest BCUT2D eigenvalue weighted by molar-refractivity contribution is 7.09. The molecule has 0 radical (unpaired) electrons. The number of anilines is 1. The first-order valence-electron chi connectivity index (χ1n) is 2.55. The van der Waals surface area contributed by atoms with Crippen molar-refractivity contribution < 1.29 is 0 Å². The van der Waals surface area contributed by atoms with Crippen molar-refractivity contribution in [2.24, 2.45) is 0 Å². The van der Waals surface area contributed by atoms with E-state index in [1.807, 2.05) is 0 Å². The van der Waals surface area contributed by atoms with Crippen LogP contribution in [0, 0.1) is 0 Å². The maximum absolute atomic E-state index is 3.67. The van der Waals surface area contributed by atoms with Crippen LogP contribution in [0.5, 0.6) is 0 Å². The minimum Gasteiger partial charge on any atom is -0.371 e. The van der Waals surface area contributed by atoms with E-state index in [4.69, 9.17) is 0 Å². The lowest BCUT2D eigenvalue weighted by atomic mass is 10.6. The number of nitrogens with zero attached hydrogens (tertiary/aromatic N) is 2. The van der Waals surface area contributed by atoms with Crippen LogP contribution in [0.15, 0.2) is 18.9 Å². The number of hydrogen-bond donors (Lipinski definition) is 1. The highest BCUT2D eigenvalue weighted by Crippen LogP contribution is 2.07. The van der Waals surface area contributed by atoms with Gasteiger partial charge in [-0.2, -0.15) is 0 Å². The molecule has 3 nitrogen and oxygen atoms in total. The second-order valence-corrected chi connectivity index (χ2v) is 2.24. The van der Waals surface area contributed by atoms with E-state index in [9.17, 15) is 0 Å². The van der Waals surface area contributed by atoms with Crippen LogP contribution in [0.25, 0.3) is 0 Å². The fourth-order valence-corrected chi connectivity index (χ4v) is 0.842. The summed E-state index contributed by atoms with van der Waals surface area (Å²) >= 11 is 1.34. The minimum absolute atomic E-state index is 0.768. The van der Waals surface area contributed by atoms with Gasteiger partial charge in [0.25, 0.3) is 0 Å². The van der Waals surface area contributed by atoms with Crippen LogP contribution < -0.4 is 5.32 Å². The highest BCUT2D eigenvalue weighted by atomic mass is 32.1. The van der Waals surface area contributed by atoms with Gasteiger partial charge in [-0.1, -0.05) is 10.6 Å². The Bertz CT molecular complexity index is 170. The second kappa shape index (κ2) is 3.19. The molecule has 0 fully saturated rings. The van der Waals surface area contributed by atoms with Crippen molar-refractivity contribution in [3.63, 3.8) is 0 Å². The van der Waals surface area contributed by atoms with Gasteiger partial charge in [-0.05, 0) is 0 Å². The van der Waals surface area contributed by atoms with E-state index in [0.717, 1.165) is 11.5 Å². The van der Waals surface area contributed by atoms with E-state index in [1.165, 1.54) is 11.5 Å². The second-order valence-electron chi connectivity index (χ2n) is 1.45. The Morgan fingerprint density at radius 3 is 3.33 bits per heavy atom. The summed E-state index contributed by atoms with van der Waals surface area (Å²) in [5.41, 5.74) is 0. The van der Waals surface area contributed by atoms with Crippen LogP contribution in [0.4, 0.5) is 5.00 Å². The maximum Gasteiger partial charge on any atom is 0.130 e. The van der Waals surface area contributed by atoms with Gasteiger partial charge in [0.15, 0.2) is 0 Å². The van der Waals surface area contributed by atoms with E-state index in [0.29, 0.717) is 0 Å². The number of rotatable bonds is 3. The van der Waals surface area contributed by atoms with Gasteiger partial charge in [0.1, 0.15) is 5.00 Å². The molecule has 0 unspecified atom stereocenters. The fourth-order valence-electron chi connectivity index (χ4n) is 0.418. The fraction of sp³-hybridized carbons (Fsp3) is 0.200. The van der Waals surface area contributed by atoms with E-state index >= 15 is 0 Å². The summed E-state index contributed by atoms with van der Waals surface area (Å²) < 4.78 is 3.67. The van der Waals surface area contributed by atoms with Crippen molar-refractivity contribution in [1.29, 1.82) is 0 Å². The zero-order valence-electron chi connectivity index (χ0n) is 4.87. The minimum atomic E-state index is 0.768. The smallest absolute Gasteiger partial charge is 0.130 e. The Morgan fingerprint density at radius 1 is 1.89 bits per heavy atom. The molecule has 0 aliphatic rings. The molecule has 0 amide bonds. The van der Waals surface area contributed by atoms with E-state index in [-0.39, 0.29) is 0 Å². The third-order valence-corrected chi connectivity index (χ3v) is 1.40.